The van der Waals surface area contributed by atoms with E-state index >= 15 is 0 Å². The zero-order valence-corrected chi connectivity index (χ0v) is 79.5. The molecular weight excluding hydrogens is 1900 g/mol. The lowest BCUT2D eigenvalue weighted by Crippen LogP contribution is -2.23. The number of fused-ring (bicyclic) bond motifs is 6. The lowest BCUT2D eigenvalue weighted by atomic mass is 10.1. The van der Waals surface area contributed by atoms with Crippen LogP contribution in [0.4, 0.5) is 54.8 Å². The van der Waals surface area contributed by atoms with Gasteiger partial charge in [-0.15, -0.1) is 11.3 Å². The minimum absolute atomic E-state index is 0.0156. The molecule has 12 heterocycles. The maximum atomic E-state index is 13.4. The second kappa shape index (κ2) is 44.2. The summed E-state index contributed by atoms with van der Waals surface area (Å²) in [6, 6.07) is 64.6. The van der Waals surface area contributed by atoms with Crippen LogP contribution in [0.25, 0.3) is 43.6 Å². The zero-order valence-electron chi connectivity index (χ0n) is 75.7. The third-order valence-corrected chi connectivity index (χ3v) is 25.2. The number of rotatable bonds is 30. The molecule has 37 heteroatoms. The van der Waals surface area contributed by atoms with Gasteiger partial charge in [-0.3, -0.25) is 14.6 Å². The van der Waals surface area contributed by atoms with Crippen molar-refractivity contribution in [1.82, 2.24) is 59.6 Å². The molecule has 6 atom stereocenters. The molecule has 2 fully saturated rings. The number of carbonyl (C=O) groups excluding carboxylic acids is 2. The molecule has 30 nitrogen and oxygen atoms in total. The molecule has 2 amide bonds. The van der Waals surface area contributed by atoms with E-state index in [9.17, 15) is 18.4 Å². The maximum Gasteiger partial charge on any atom is 0.209 e. The first-order valence-corrected chi connectivity index (χ1v) is 47.5. The summed E-state index contributed by atoms with van der Waals surface area (Å²) in [4.78, 5) is 87.6. The lowest BCUT2D eigenvalue weighted by Gasteiger charge is -2.13. The molecule has 22 rings (SSSR count). The minimum Gasteiger partial charge on any atom is -0.487 e. The molecule has 4 N–H and O–H groups in total. The average Bonchev–Trinajstić information content (AvgIpc) is 1.70. The molecular formula is C104H88Cl4F2N20O10S. The number of hydrogen-bond donors (Lipinski definition) is 4. The Balaban J connectivity index is 0.000000120. The molecule has 2 saturated heterocycles. The molecule has 4 unspecified atom stereocenters. The Kier molecular flexibility index (Phi) is 29.6. The van der Waals surface area contributed by atoms with Crippen molar-refractivity contribution in [3.05, 3.63) is 331 Å². The van der Waals surface area contributed by atoms with Crippen LogP contribution >= 0.6 is 57.7 Å². The van der Waals surface area contributed by atoms with Crippen molar-refractivity contribution in [2.75, 3.05) is 60.7 Å². The molecule has 712 valence electrons. The van der Waals surface area contributed by atoms with Crippen LogP contribution in [0, 0.1) is 11.6 Å². The molecule has 0 saturated carbocycles. The highest BCUT2D eigenvalue weighted by molar-refractivity contribution is 7.09. The number of aromatic nitrogens is 10. The van der Waals surface area contributed by atoms with Gasteiger partial charge in [0, 0.05) is 101 Å². The highest BCUT2D eigenvalue weighted by atomic mass is 35.5. The van der Waals surface area contributed by atoms with E-state index in [-0.39, 0.29) is 61.2 Å². The molecule has 141 heavy (non-hydrogen) atoms. The molecule has 0 radical (unpaired) electrons. The number of benzene rings is 10. The Morgan fingerprint density at radius 1 is 0.376 bits per heavy atom. The first-order chi connectivity index (χ1) is 68.8. The molecule has 0 aliphatic carbocycles. The van der Waals surface area contributed by atoms with Gasteiger partial charge in [-0.2, -0.15) is 0 Å². The number of likely N-dealkylation sites (tertiary alicyclic amines) is 2. The molecule has 16 aromatic rings. The minimum atomic E-state index is -0.301. The van der Waals surface area contributed by atoms with E-state index in [1.807, 2.05) is 147 Å². The predicted octanol–water partition coefficient (Wildman–Crippen LogP) is 20.6. The van der Waals surface area contributed by atoms with E-state index in [0.29, 0.717) is 156 Å². The quantitative estimate of drug-likeness (QED) is 0.0304. The topological polar surface area (TPSA) is 341 Å². The number of carbonyl (C=O) groups is 2. The van der Waals surface area contributed by atoms with Gasteiger partial charge >= 0.3 is 0 Å². The Labute approximate surface area is 831 Å². The number of nitrogens with zero attached hydrogens (tertiary/aromatic N) is 16. The van der Waals surface area contributed by atoms with Crippen molar-refractivity contribution in [2.24, 2.45) is 20.0 Å². The Bertz CT molecular complexity index is 7210. The maximum absolute atomic E-state index is 13.4. The van der Waals surface area contributed by atoms with Gasteiger partial charge in [0.15, 0.2) is 23.6 Å². The fraction of sp³-hybridized carbons (Fsp3) is 0.212. The fourth-order valence-corrected chi connectivity index (χ4v) is 17.9. The van der Waals surface area contributed by atoms with Gasteiger partial charge in [0.25, 0.3) is 0 Å². The standard InChI is InChI=1S/C27H23ClN6O3.2C26H22ClFN4O2.C25H21ClN6O3S/c28-21-11-18(5-7-24(21)36-14-19-3-1-2-8-29-19)32-27-20-9-17(4-6-22(20)30-15-31-27)10-26-33-23-12-34(16-35)13-25(23)37-26;2*1-16-13-34-25(31-16)11-17-5-7-23-21(10-17)26(30-15-29-23)32-20-6-8-24(22(27)12-20)33-14-18-3-2-4-19(28)9-18;26-18-9-16(2-4-21(18)34-12-24-27-5-6-36-24)30-25-17-7-15(1-3-19(17)28-13-29-25)8-23-31-20-10-32(14-33)11-22(20)35-23/h1-9,11,15-16,23,25H,10,12-14H2,(H,30,31,32);2*2-10,12,15-16H,11,13-14H2,1H3,(H,29,30,32);1-7,9,13-14,20,22H,8,10-12H2,(H,28,29,30)/t;2*16-;/m.10./s1. The van der Waals surface area contributed by atoms with Crippen LogP contribution in [0.15, 0.2) is 275 Å². The van der Waals surface area contributed by atoms with Crippen LogP contribution in [0.3, 0.4) is 0 Å². The number of halogens is 6. The Morgan fingerprint density at radius 3 is 1.08 bits per heavy atom. The van der Waals surface area contributed by atoms with Crippen LogP contribution in [0.5, 0.6) is 23.0 Å². The smallest absolute Gasteiger partial charge is 0.209 e. The van der Waals surface area contributed by atoms with E-state index in [2.05, 4.69) is 91.1 Å². The van der Waals surface area contributed by atoms with Crippen molar-refractivity contribution in [3.63, 3.8) is 0 Å². The van der Waals surface area contributed by atoms with Crippen molar-refractivity contribution in [3.8, 4) is 23.0 Å². The van der Waals surface area contributed by atoms with Gasteiger partial charge in [0.05, 0.1) is 73.0 Å². The van der Waals surface area contributed by atoms with E-state index in [1.54, 1.807) is 82.9 Å². The van der Waals surface area contributed by atoms with Crippen molar-refractivity contribution in [1.29, 1.82) is 0 Å². The van der Waals surface area contributed by atoms with E-state index in [4.69, 9.17) is 84.3 Å². The van der Waals surface area contributed by atoms with Crippen LogP contribution in [-0.4, -0.2) is 172 Å². The highest BCUT2D eigenvalue weighted by Crippen LogP contribution is 2.39. The number of pyridine rings is 1. The number of anilines is 8. The van der Waals surface area contributed by atoms with E-state index < -0.39 is 0 Å². The number of amides is 2. The summed E-state index contributed by atoms with van der Waals surface area (Å²) in [5.74, 6) is 7.14. The average molecular weight is 1990 g/mol. The van der Waals surface area contributed by atoms with Crippen LogP contribution in [-0.2, 0) is 80.6 Å². The van der Waals surface area contributed by atoms with Crippen molar-refractivity contribution >= 4 is 184 Å². The van der Waals surface area contributed by atoms with Crippen molar-refractivity contribution < 1.29 is 56.3 Å². The van der Waals surface area contributed by atoms with Gasteiger partial charge in [0.2, 0.25) is 12.8 Å². The van der Waals surface area contributed by atoms with Gasteiger partial charge in [-0.05, 0) is 205 Å². The molecule has 0 spiro atoms. The summed E-state index contributed by atoms with van der Waals surface area (Å²) in [7, 11) is 0. The summed E-state index contributed by atoms with van der Waals surface area (Å²) in [6.07, 6.45) is 13.5. The fourth-order valence-electron chi connectivity index (χ4n) is 16.4. The van der Waals surface area contributed by atoms with Gasteiger partial charge in [-0.1, -0.05) is 101 Å². The Hall–Kier alpha value is -15.4. The van der Waals surface area contributed by atoms with Crippen molar-refractivity contribution in [2.45, 2.75) is 102 Å². The molecule has 6 aliphatic rings. The summed E-state index contributed by atoms with van der Waals surface area (Å²) >= 11 is 27.4. The number of ether oxygens (including phenoxy) is 8. The number of hydrogen-bond acceptors (Lipinski definition) is 29. The second-order valence-corrected chi connectivity index (χ2v) is 36.3. The highest BCUT2D eigenvalue weighted by Gasteiger charge is 2.40. The molecule has 10 aromatic carbocycles. The predicted molar refractivity (Wildman–Crippen MR) is 542 cm³/mol. The molecule has 0 bridgehead atoms. The van der Waals surface area contributed by atoms with E-state index in [1.165, 1.54) is 60.9 Å². The third kappa shape index (κ3) is 24.3. The number of nitrogens with one attached hydrogen (secondary N) is 4. The summed E-state index contributed by atoms with van der Waals surface area (Å²) in [6.45, 7) is 8.83. The van der Waals surface area contributed by atoms with Gasteiger partial charge in [-0.25, -0.2) is 73.6 Å². The summed E-state index contributed by atoms with van der Waals surface area (Å²) in [5.41, 5.74) is 12.8. The zero-order chi connectivity index (χ0) is 96.7. The molecule has 6 aromatic heterocycles. The van der Waals surface area contributed by atoms with Gasteiger partial charge < -0.3 is 69.0 Å². The monoisotopic (exact) mass is 1990 g/mol. The third-order valence-electron chi connectivity index (χ3n) is 23.2. The van der Waals surface area contributed by atoms with Gasteiger partial charge in [0.1, 0.15) is 152 Å². The second-order valence-electron chi connectivity index (χ2n) is 33.7. The normalized spacial score (nSPS) is 16.9. The first-order valence-electron chi connectivity index (χ1n) is 45.1. The number of thiazole rings is 1. The Morgan fingerprint density at radius 2 is 0.752 bits per heavy atom. The first kappa shape index (κ1) is 94.5. The largest absolute Gasteiger partial charge is 0.487 e. The van der Waals surface area contributed by atoms with Crippen LogP contribution in [0.2, 0.25) is 20.1 Å². The van der Waals surface area contributed by atoms with Crippen LogP contribution in [0.1, 0.15) is 57.9 Å². The van der Waals surface area contributed by atoms with E-state index in [0.717, 1.165) is 135 Å². The summed E-state index contributed by atoms with van der Waals surface area (Å²) < 4.78 is 73.2. The SMILES string of the molecule is C[C@@H]1COC(Cc2ccc3ncnc(Nc4ccc(OCc5cccc(F)c5)c(Cl)c4)c3c2)=N1.C[C@H]1COC(Cc2ccc3ncnc(Nc4ccc(OCc5cccc(F)c5)c(Cl)c4)c3c2)=N1.O=CN1CC2N=C(Cc3ccc4ncnc(Nc5ccc(OCc6ccccn6)c(Cl)c5)c4c3)OC2C1.O=CN1CC2N=C(Cc3ccc4ncnc(Nc5ccc(OCc6nccs6)c(Cl)c5)c4c3)OC2C1. The van der Waals surface area contributed by atoms with Crippen LogP contribution < -0.4 is 40.2 Å². The lowest BCUT2D eigenvalue weighted by molar-refractivity contribution is -0.118. The number of aliphatic imine (C=N–C) groups is 4. The molecule has 6 aliphatic heterocycles. The summed E-state index contributed by atoms with van der Waals surface area (Å²) in [5, 5.41) is 21.5.